The summed E-state index contributed by atoms with van der Waals surface area (Å²) < 4.78 is 1.41. The molecular weight excluding hydrogens is 440 g/mol. The van der Waals surface area contributed by atoms with E-state index in [0.717, 1.165) is 29.7 Å². The van der Waals surface area contributed by atoms with E-state index in [2.05, 4.69) is 15.7 Å². The molecule has 4 aromatic rings. The fourth-order valence-corrected chi connectivity index (χ4v) is 3.94. The molecule has 35 heavy (non-hydrogen) atoms. The second kappa shape index (κ2) is 9.46. The summed E-state index contributed by atoms with van der Waals surface area (Å²) in [5.41, 5.74) is 4.92. The van der Waals surface area contributed by atoms with Crippen LogP contribution in [-0.4, -0.2) is 26.8 Å². The maximum atomic E-state index is 12.9. The Balaban J connectivity index is 1.34. The van der Waals surface area contributed by atoms with Crippen LogP contribution in [0.5, 0.6) is 5.75 Å². The molecule has 1 fully saturated rings. The molecule has 176 valence electrons. The van der Waals surface area contributed by atoms with Crippen molar-refractivity contribution in [1.29, 1.82) is 0 Å². The summed E-state index contributed by atoms with van der Waals surface area (Å²) in [5.74, 6) is 0.00451. The van der Waals surface area contributed by atoms with Gasteiger partial charge in [-0.2, -0.15) is 9.78 Å². The van der Waals surface area contributed by atoms with E-state index in [-0.39, 0.29) is 23.6 Å². The van der Waals surface area contributed by atoms with Crippen LogP contribution in [0.25, 0.3) is 11.3 Å². The van der Waals surface area contributed by atoms with E-state index in [1.807, 2.05) is 55.5 Å². The zero-order chi connectivity index (χ0) is 24.4. The third kappa shape index (κ3) is 5.09. The summed E-state index contributed by atoms with van der Waals surface area (Å²) in [6.07, 6.45) is 2.01. The number of nitrogens with one attached hydrogen (secondary N) is 2. The van der Waals surface area contributed by atoms with Crippen LogP contribution in [0.2, 0.25) is 0 Å². The quantitative estimate of drug-likeness (QED) is 0.352. The van der Waals surface area contributed by atoms with Crippen LogP contribution in [0.15, 0.2) is 78.9 Å². The van der Waals surface area contributed by atoms with Crippen molar-refractivity contribution in [3.63, 3.8) is 0 Å². The molecule has 7 heteroatoms. The monoisotopic (exact) mass is 466 g/mol. The number of anilines is 1. The predicted octanol–water partition coefficient (Wildman–Crippen LogP) is 5.45. The van der Waals surface area contributed by atoms with Crippen molar-refractivity contribution in [3.8, 4) is 17.0 Å². The van der Waals surface area contributed by atoms with Crippen LogP contribution in [0.4, 0.5) is 10.5 Å². The maximum Gasteiger partial charge on any atom is 0.342 e. The molecular formula is C28H26N4O3. The van der Waals surface area contributed by atoms with Gasteiger partial charge in [-0.25, -0.2) is 4.79 Å². The van der Waals surface area contributed by atoms with Crippen molar-refractivity contribution in [2.75, 3.05) is 5.32 Å². The molecule has 0 radical (unpaired) electrons. The molecule has 0 saturated heterocycles. The number of phenolic OH excluding ortho intramolecular Hbond substituents is 1. The van der Waals surface area contributed by atoms with Gasteiger partial charge in [0.2, 0.25) is 0 Å². The number of aryl methyl sites for hydroxylation is 1. The Kier molecular flexibility index (Phi) is 6.06. The third-order valence-electron chi connectivity index (χ3n) is 6.06. The van der Waals surface area contributed by atoms with Gasteiger partial charge in [0.25, 0.3) is 5.91 Å². The van der Waals surface area contributed by atoms with Crippen molar-refractivity contribution in [2.45, 2.75) is 32.2 Å². The smallest absolute Gasteiger partial charge is 0.342 e. The van der Waals surface area contributed by atoms with Gasteiger partial charge >= 0.3 is 6.03 Å². The highest BCUT2D eigenvalue weighted by atomic mass is 16.3. The molecule has 0 spiro atoms. The van der Waals surface area contributed by atoms with E-state index < -0.39 is 0 Å². The average molecular weight is 467 g/mol. The molecule has 3 N–H and O–H groups in total. The number of phenols is 1. The highest BCUT2D eigenvalue weighted by Gasteiger charge is 2.30. The van der Waals surface area contributed by atoms with Gasteiger partial charge in [-0.3, -0.25) is 4.79 Å². The molecule has 1 aromatic heterocycles. The number of nitrogens with zero attached hydrogens (tertiary/aromatic N) is 2. The van der Waals surface area contributed by atoms with E-state index in [1.165, 1.54) is 10.7 Å². The van der Waals surface area contributed by atoms with Gasteiger partial charge in [0.05, 0.1) is 11.4 Å². The van der Waals surface area contributed by atoms with Crippen molar-refractivity contribution in [1.82, 2.24) is 15.1 Å². The van der Waals surface area contributed by atoms with E-state index in [1.54, 1.807) is 24.3 Å². The number of carbonyl (C=O) groups is 2. The number of hydrogen-bond acceptors (Lipinski definition) is 4. The molecule has 1 heterocycles. The first kappa shape index (κ1) is 22.4. The molecule has 3 aromatic carbocycles. The molecule has 0 atom stereocenters. The van der Waals surface area contributed by atoms with Crippen LogP contribution < -0.4 is 10.6 Å². The summed E-state index contributed by atoms with van der Waals surface area (Å²) in [6.45, 7) is 2.36. The number of rotatable bonds is 6. The van der Waals surface area contributed by atoms with E-state index in [4.69, 9.17) is 0 Å². The summed E-state index contributed by atoms with van der Waals surface area (Å²) in [5, 5.41) is 20.9. The molecule has 5 rings (SSSR count). The number of carbonyl (C=O) groups excluding carboxylic acids is 2. The molecule has 0 aliphatic heterocycles. The number of aromatic nitrogens is 2. The molecule has 1 saturated carbocycles. The summed E-state index contributed by atoms with van der Waals surface area (Å²) in [4.78, 5) is 25.4. The number of hydrogen-bond donors (Lipinski definition) is 3. The first-order chi connectivity index (χ1) is 17.0. The van der Waals surface area contributed by atoms with Crippen LogP contribution in [0, 0.1) is 6.92 Å². The van der Waals surface area contributed by atoms with Gasteiger partial charge < -0.3 is 15.7 Å². The normalized spacial score (nSPS) is 12.8. The van der Waals surface area contributed by atoms with Gasteiger partial charge in [0.1, 0.15) is 5.75 Å². The highest BCUT2D eigenvalue weighted by molar-refractivity contribution is 6.04. The molecule has 0 bridgehead atoms. The Morgan fingerprint density at radius 1 is 1.00 bits per heavy atom. The van der Waals surface area contributed by atoms with E-state index in [9.17, 15) is 14.7 Å². The molecule has 1 aliphatic carbocycles. The molecule has 7 nitrogen and oxygen atoms in total. The minimum absolute atomic E-state index is 0.0246. The topological polar surface area (TPSA) is 96.3 Å². The van der Waals surface area contributed by atoms with Crippen LogP contribution in [0.1, 0.15) is 45.9 Å². The minimum Gasteiger partial charge on any atom is -0.507 e. The first-order valence-electron chi connectivity index (χ1n) is 11.6. The lowest BCUT2D eigenvalue weighted by Crippen LogP contribution is -2.30. The van der Waals surface area contributed by atoms with E-state index in [0.29, 0.717) is 29.1 Å². The van der Waals surface area contributed by atoms with Crippen LogP contribution in [-0.2, 0) is 6.54 Å². The summed E-state index contributed by atoms with van der Waals surface area (Å²) in [7, 11) is 0. The third-order valence-corrected chi connectivity index (χ3v) is 6.06. The number of benzene rings is 3. The van der Waals surface area contributed by atoms with E-state index >= 15 is 0 Å². The summed E-state index contributed by atoms with van der Waals surface area (Å²) >= 11 is 0. The summed E-state index contributed by atoms with van der Waals surface area (Å²) in [6, 6.07) is 23.4. The zero-order valence-electron chi connectivity index (χ0n) is 19.4. The predicted molar refractivity (Wildman–Crippen MR) is 135 cm³/mol. The first-order valence-corrected chi connectivity index (χ1v) is 11.6. The lowest BCUT2D eigenvalue weighted by Gasteiger charge is -2.09. The van der Waals surface area contributed by atoms with Crippen LogP contribution in [0.3, 0.4) is 0 Å². The average Bonchev–Trinajstić information content (AvgIpc) is 3.62. The SMILES string of the molecule is Cc1ccc(C(=O)Nc2ccc(-c3cc(C4CC4)n(C(=O)NCc4ccccc4)n3)c(O)c2)cc1. The largest absolute Gasteiger partial charge is 0.507 e. The van der Waals surface area contributed by atoms with Gasteiger partial charge in [0.15, 0.2) is 0 Å². The Morgan fingerprint density at radius 2 is 1.74 bits per heavy atom. The Labute approximate surface area is 203 Å². The Hall–Kier alpha value is -4.39. The van der Waals surface area contributed by atoms with Gasteiger partial charge in [0, 0.05) is 35.3 Å². The molecule has 0 unspecified atom stereocenters. The Bertz CT molecular complexity index is 1370. The number of amides is 2. The molecule has 2 amide bonds. The minimum atomic E-state index is -0.302. The van der Waals surface area contributed by atoms with Crippen molar-refractivity contribution >= 4 is 17.6 Å². The van der Waals surface area contributed by atoms with Crippen molar-refractivity contribution in [3.05, 3.63) is 101 Å². The lowest BCUT2D eigenvalue weighted by atomic mass is 10.1. The van der Waals surface area contributed by atoms with Crippen molar-refractivity contribution < 1.29 is 14.7 Å². The fraction of sp³-hybridized carbons (Fsp3) is 0.179. The maximum absolute atomic E-state index is 12.9. The molecule has 1 aliphatic rings. The standard InChI is InChI=1S/C28H26N4O3/c1-18-7-9-21(10-8-18)27(34)30-22-13-14-23(26(33)15-22)24-16-25(20-11-12-20)32(31-24)28(35)29-17-19-5-3-2-4-6-19/h2-10,13-16,20,33H,11-12,17H2,1H3,(H,29,35)(H,30,34). The lowest BCUT2D eigenvalue weighted by molar-refractivity contribution is 0.102. The number of aromatic hydroxyl groups is 1. The van der Waals surface area contributed by atoms with Crippen molar-refractivity contribution in [2.24, 2.45) is 0 Å². The Morgan fingerprint density at radius 3 is 2.43 bits per heavy atom. The fourth-order valence-electron chi connectivity index (χ4n) is 3.94. The van der Waals surface area contributed by atoms with Gasteiger partial charge in [-0.15, -0.1) is 0 Å². The second-order valence-electron chi connectivity index (χ2n) is 8.84. The van der Waals surface area contributed by atoms with Gasteiger partial charge in [-0.1, -0.05) is 48.0 Å². The van der Waals surface area contributed by atoms with Crippen LogP contribution >= 0.6 is 0 Å². The highest BCUT2D eigenvalue weighted by Crippen LogP contribution is 2.42. The van der Waals surface area contributed by atoms with Gasteiger partial charge in [-0.05, 0) is 55.7 Å². The second-order valence-corrected chi connectivity index (χ2v) is 8.84. The zero-order valence-corrected chi connectivity index (χ0v) is 19.4.